The first kappa shape index (κ1) is 17.1. The van der Waals surface area contributed by atoms with Crippen LogP contribution >= 0.6 is 0 Å². The number of nitrogens with zero attached hydrogens (tertiary/aromatic N) is 2. The van der Waals surface area contributed by atoms with Crippen molar-refractivity contribution in [2.24, 2.45) is 0 Å². The van der Waals surface area contributed by atoms with Gasteiger partial charge < -0.3 is 19.5 Å². The Morgan fingerprint density at radius 1 is 1.20 bits per heavy atom. The predicted octanol–water partition coefficient (Wildman–Crippen LogP) is 2.15. The van der Waals surface area contributed by atoms with Gasteiger partial charge in [-0.2, -0.15) is 0 Å². The second-order valence-corrected chi connectivity index (χ2v) is 6.12. The zero-order valence-corrected chi connectivity index (χ0v) is 14.4. The fourth-order valence-electron chi connectivity index (χ4n) is 2.95. The highest BCUT2D eigenvalue weighted by atomic mass is 16.5. The third kappa shape index (κ3) is 4.21. The molecule has 0 bridgehead atoms. The number of aromatic nitrogens is 1. The number of urea groups is 1. The van der Waals surface area contributed by atoms with Crippen molar-refractivity contribution < 1.29 is 9.53 Å². The molecule has 0 spiro atoms. The molecule has 6 nitrogen and oxygen atoms in total. The molecule has 0 atom stereocenters. The van der Waals surface area contributed by atoms with E-state index in [1.165, 1.54) is 0 Å². The first-order valence-corrected chi connectivity index (χ1v) is 8.55. The van der Waals surface area contributed by atoms with E-state index >= 15 is 0 Å². The van der Waals surface area contributed by atoms with Gasteiger partial charge in [0.15, 0.2) is 0 Å². The number of benzene rings is 1. The summed E-state index contributed by atoms with van der Waals surface area (Å²) in [5, 5.41) is 2.94. The summed E-state index contributed by atoms with van der Waals surface area (Å²) in [6, 6.07) is 12.9. The summed E-state index contributed by atoms with van der Waals surface area (Å²) in [4.78, 5) is 26.0. The zero-order chi connectivity index (χ0) is 17.6. The molecule has 0 fully saturated rings. The number of aryl methyl sites for hydroxylation is 1. The molecular weight excluding hydrogens is 318 g/mol. The van der Waals surface area contributed by atoms with Crippen LogP contribution < -0.4 is 15.6 Å². The molecule has 0 saturated heterocycles. The second kappa shape index (κ2) is 7.88. The van der Waals surface area contributed by atoms with Crippen LogP contribution in [-0.4, -0.2) is 35.2 Å². The molecule has 1 aliphatic heterocycles. The van der Waals surface area contributed by atoms with Crippen LogP contribution in [0.2, 0.25) is 0 Å². The molecule has 2 aromatic rings. The Kier molecular flexibility index (Phi) is 5.38. The van der Waals surface area contributed by atoms with Gasteiger partial charge in [-0.1, -0.05) is 24.3 Å². The van der Waals surface area contributed by atoms with Crippen LogP contribution in [0.25, 0.3) is 0 Å². The summed E-state index contributed by atoms with van der Waals surface area (Å²) < 4.78 is 7.40. The third-order valence-electron chi connectivity index (χ3n) is 4.34. The standard InChI is InChI=1S/C19H23N3O3/c1-15-6-4-9-18(23)22(15)11-5-10-20-19(24)21-12-13-25-17-8-3-2-7-16(17)14-21/h2-4,6-9H,5,10-14H2,1H3,(H,20,24). The molecule has 1 aromatic heterocycles. The lowest BCUT2D eigenvalue weighted by Crippen LogP contribution is -2.41. The van der Waals surface area contributed by atoms with Gasteiger partial charge in [-0.15, -0.1) is 0 Å². The number of nitrogens with one attached hydrogen (secondary N) is 1. The van der Waals surface area contributed by atoms with E-state index in [1.54, 1.807) is 21.6 Å². The van der Waals surface area contributed by atoms with Gasteiger partial charge in [-0.3, -0.25) is 4.79 Å². The summed E-state index contributed by atoms with van der Waals surface area (Å²) in [7, 11) is 0. The van der Waals surface area contributed by atoms with Crippen molar-refractivity contribution in [3.8, 4) is 5.75 Å². The molecular formula is C19H23N3O3. The predicted molar refractivity (Wildman–Crippen MR) is 95.8 cm³/mol. The minimum absolute atomic E-state index is 0.00685. The van der Waals surface area contributed by atoms with Gasteiger partial charge in [-0.25, -0.2) is 4.79 Å². The third-order valence-corrected chi connectivity index (χ3v) is 4.34. The zero-order valence-electron chi connectivity index (χ0n) is 14.4. The average molecular weight is 341 g/mol. The van der Waals surface area contributed by atoms with Crippen LogP contribution in [-0.2, 0) is 13.1 Å². The number of ether oxygens (including phenoxy) is 1. The normalized spacial score (nSPS) is 13.6. The van der Waals surface area contributed by atoms with Crippen molar-refractivity contribution in [2.45, 2.75) is 26.4 Å². The fraction of sp³-hybridized carbons (Fsp3) is 0.368. The summed E-state index contributed by atoms with van der Waals surface area (Å²) in [6.07, 6.45) is 0.706. The van der Waals surface area contributed by atoms with Crippen molar-refractivity contribution in [1.82, 2.24) is 14.8 Å². The molecule has 6 heteroatoms. The molecule has 2 heterocycles. The van der Waals surface area contributed by atoms with E-state index in [9.17, 15) is 9.59 Å². The number of carbonyl (C=O) groups excluding carboxylic acids is 1. The Morgan fingerprint density at radius 2 is 2.04 bits per heavy atom. The molecule has 0 saturated carbocycles. The average Bonchev–Trinajstić information content (AvgIpc) is 2.83. The van der Waals surface area contributed by atoms with Gasteiger partial charge in [0.05, 0.1) is 13.1 Å². The van der Waals surface area contributed by atoms with Gasteiger partial charge in [0.1, 0.15) is 12.4 Å². The van der Waals surface area contributed by atoms with Crippen molar-refractivity contribution in [3.05, 3.63) is 64.1 Å². The largest absolute Gasteiger partial charge is 0.491 e. The van der Waals surface area contributed by atoms with E-state index in [2.05, 4.69) is 5.32 Å². The number of hydrogen-bond donors (Lipinski definition) is 1. The number of fused-ring (bicyclic) bond motifs is 1. The molecule has 1 aromatic carbocycles. The number of rotatable bonds is 4. The molecule has 2 amide bonds. The van der Waals surface area contributed by atoms with E-state index in [-0.39, 0.29) is 11.6 Å². The number of hydrogen-bond acceptors (Lipinski definition) is 3. The lowest BCUT2D eigenvalue weighted by molar-refractivity contribution is 0.187. The summed E-state index contributed by atoms with van der Waals surface area (Å²) in [5.41, 5.74) is 1.94. The second-order valence-electron chi connectivity index (χ2n) is 6.12. The van der Waals surface area contributed by atoms with Crippen LogP contribution in [0, 0.1) is 6.92 Å². The van der Waals surface area contributed by atoms with Gasteiger partial charge >= 0.3 is 6.03 Å². The lowest BCUT2D eigenvalue weighted by Gasteiger charge is -2.20. The maximum absolute atomic E-state index is 12.4. The highest BCUT2D eigenvalue weighted by Crippen LogP contribution is 2.22. The number of amides is 2. The Bertz CT molecular complexity index is 800. The minimum Gasteiger partial charge on any atom is -0.491 e. The van der Waals surface area contributed by atoms with Crippen LogP contribution in [0.15, 0.2) is 47.3 Å². The Labute approximate surface area is 147 Å². The van der Waals surface area contributed by atoms with E-state index < -0.39 is 0 Å². The van der Waals surface area contributed by atoms with Crippen LogP contribution in [0.1, 0.15) is 17.7 Å². The van der Waals surface area contributed by atoms with E-state index in [0.29, 0.717) is 39.2 Å². The maximum Gasteiger partial charge on any atom is 0.317 e. The Morgan fingerprint density at radius 3 is 2.88 bits per heavy atom. The van der Waals surface area contributed by atoms with Crippen molar-refractivity contribution in [1.29, 1.82) is 0 Å². The quantitative estimate of drug-likeness (QED) is 0.867. The van der Waals surface area contributed by atoms with E-state index in [4.69, 9.17) is 4.74 Å². The summed E-state index contributed by atoms with van der Waals surface area (Å²) in [6.45, 7) is 4.62. The molecule has 0 aliphatic carbocycles. The maximum atomic E-state index is 12.4. The van der Waals surface area contributed by atoms with Gasteiger partial charge in [0.2, 0.25) is 0 Å². The monoisotopic (exact) mass is 341 g/mol. The number of pyridine rings is 1. The summed E-state index contributed by atoms with van der Waals surface area (Å²) in [5.74, 6) is 0.844. The van der Waals surface area contributed by atoms with E-state index in [0.717, 1.165) is 17.0 Å². The Hall–Kier alpha value is -2.76. The number of para-hydroxylation sites is 1. The molecule has 1 aliphatic rings. The molecule has 0 unspecified atom stereocenters. The highest BCUT2D eigenvalue weighted by molar-refractivity contribution is 5.74. The molecule has 132 valence electrons. The SMILES string of the molecule is Cc1cccc(=O)n1CCCNC(=O)N1CCOc2ccccc2C1. The van der Waals surface area contributed by atoms with Crippen LogP contribution in [0.5, 0.6) is 5.75 Å². The summed E-state index contributed by atoms with van der Waals surface area (Å²) >= 11 is 0. The van der Waals surface area contributed by atoms with Crippen LogP contribution in [0.3, 0.4) is 0 Å². The van der Waals surface area contributed by atoms with Crippen molar-refractivity contribution >= 4 is 6.03 Å². The minimum atomic E-state index is -0.0996. The van der Waals surface area contributed by atoms with Gasteiger partial charge in [0.25, 0.3) is 5.56 Å². The van der Waals surface area contributed by atoms with Gasteiger partial charge in [-0.05, 0) is 25.5 Å². The Balaban J connectivity index is 1.50. The van der Waals surface area contributed by atoms with Crippen molar-refractivity contribution in [3.63, 3.8) is 0 Å². The molecule has 1 N–H and O–H groups in total. The molecule has 0 radical (unpaired) electrons. The topological polar surface area (TPSA) is 63.6 Å². The van der Waals surface area contributed by atoms with E-state index in [1.807, 2.05) is 37.3 Å². The lowest BCUT2D eigenvalue weighted by atomic mass is 10.2. The van der Waals surface area contributed by atoms with Crippen LogP contribution in [0.4, 0.5) is 4.79 Å². The molecule has 25 heavy (non-hydrogen) atoms. The van der Waals surface area contributed by atoms with Gasteiger partial charge in [0, 0.05) is 30.4 Å². The fourth-order valence-corrected chi connectivity index (χ4v) is 2.95. The number of carbonyl (C=O) groups is 1. The molecule has 3 rings (SSSR count). The van der Waals surface area contributed by atoms with Crippen molar-refractivity contribution in [2.75, 3.05) is 19.7 Å². The first-order chi connectivity index (χ1) is 12.1. The highest BCUT2D eigenvalue weighted by Gasteiger charge is 2.19. The smallest absolute Gasteiger partial charge is 0.317 e. The first-order valence-electron chi connectivity index (χ1n) is 8.55.